The summed E-state index contributed by atoms with van der Waals surface area (Å²) in [6.45, 7) is 0.395. The minimum absolute atomic E-state index is 0.0621. The molecule has 1 heterocycles. The van der Waals surface area contributed by atoms with E-state index < -0.39 is 11.8 Å². The Balaban J connectivity index is 1.38. The van der Waals surface area contributed by atoms with Gasteiger partial charge in [0.05, 0.1) is 14.6 Å². The quantitative estimate of drug-likeness (QED) is 0.220. The van der Waals surface area contributed by atoms with Crippen molar-refractivity contribution in [3.05, 3.63) is 111 Å². The first-order valence-electron chi connectivity index (χ1n) is 10.5. The third kappa shape index (κ3) is 4.36. The number of halogens is 2. The van der Waals surface area contributed by atoms with Gasteiger partial charge in [-0.25, -0.2) is 5.01 Å². The standard InChI is InChI=1S/C27H18Br2N2O3/c28-23-14-17(13-22-26(32)30-31(27(22)33)20-10-2-1-3-11-20)15-24(29)25(23)34-16-19-9-6-8-18-7-4-5-12-21(18)19/h1-15H,16H2,(H,30,32)/b22-13-. The summed E-state index contributed by atoms with van der Waals surface area (Å²) in [5, 5.41) is 3.56. The summed E-state index contributed by atoms with van der Waals surface area (Å²) in [5.74, 6) is -0.208. The van der Waals surface area contributed by atoms with Gasteiger partial charge in [-0.05, 0) is 84.1 Å². The van der Waals surface area contributed by atoms with E-state index in [0.29, 0.717) is 32.6 Å². The molecule has 168 valence electrons. The molecule has 0 saturated carbocycles. The molecule has 0 aliphatic carbocycles. The van der Waals surface area contributed by atoms with Crippen molar-refractivity contribution in [3.8, 4) is 5.75 Å². The molecule has 1 aliphatic rings. The fraction of sp³-hybridized carbons (Fsp3) is 0.0370. The third-order valence-electron chi connectivity index (χ3n) is 5.49. The van der Waals surface area contributed by atoms with Crippen molar-refractivity contribution in [2.75, 3.05) is 5.01 Å². The zero-order chi connectivity index (χ0) is 23.7. The van der Waals surface area contributed by atoms with E-state index in [9.17, 15) is 9.59 Å². The Morgan fingerprint density at radius 2 is 1.53 bits per heavy atom. The van der Waals surface area contributed by atoms with E-state index >= 15 is 0 Å². The average Bonchev–Trinajstić information content (AvgIpc) is 3.12. The molecular formula is C27H18Br2N2O3. The van der Waals surface area contributed by atoms with Crippen LogP contribution in [0.25, 0.3) is 16.8 Å². The van der Waals surface area contributed by atoms with Crippen molar-refractivity contribution in [2.45, 2.75) is 6.61 Å². The molecule has 5 nitrogen and oxygen atoms in total. The third-order valence-corrected chi connectivity index (χ3v) is 6.67. The van der Waals surface area contributed by atoms with Gasteiger partial charge in [0.1, 0.15) is 17.9 Å². The first-order valence-corrected chi connectivity index (χ1v) is 12.1. The molecule has 4 aromatic carbocycles. The highest BCUT2D eigenvalue weighted by atomic mass is 79.9. The van der Waals surface area contributed by atoms with Crippen molar-refractivity contribution >= 4 is 66.2 Å². The zero-order valence-electron chi connectivity index (χ0n) is 17.8. The molecule has 34 heavy (non-hydrogen) atoms. The second-order valence-corrected chi connectivity index (χ2v) is 9.42. The molecule has 1 fully saturated rings. The van der Waals surface area contributed by atoms with Gasteiger partial charge in [0.25, 0.3) is 11.8 Å². The SMILES string of the molecule is O=C1NN(c2ccccc2)C(=O)/C1=C\c1cc(Br)c(OCc2cccc3ccccc23)c(Br)c1. The number of benzene rings is 4. The number of hydrogen-bond acceptors (Lipinski definition) is 3. The lowest BCUT2D eigenvalue weighted by molar-refractivity contribution is -0.117. The number of amides is 2. The summed E-state index contributed by atoms with van der Waals surface area (Å²) in [5.41, 5.74) is 5.04. The minimum Gasteiger partial charge on any atom is -0.487 e. The Morgan fingerprint density at radius 1 is 0.853 bits per heavy atom. The molecule has 1 N–H and O–H groups in total. The number of carbonyl (C=O) groups is 2. The van der Waals surface area contributed by atoms with Crippen LogP contribution in [0.2, 0.25) is 0 Å². The first kappa shape index (κ1) is 22.4. The number of nitrogens with one attached hydrogen (secondary N) is 1. The van der Waals surface area contributed by atoms with Crippen molar-refractivity contribution < 1.29 is 14.3 Å². The molecule has 4 aromatic rings. The van der Waals surface area contributed by atoms with Gasteiger partial charge in [-0.1, -0.05) is 60.7 Å². The fourth-order valence-corrected chi connectivity index (χ4v) is 5.30. The predicted octanol–water partition coefficient (Wildman–Crippen LogP) is 6.41. The van der Waals surface area contributed by atoms with Crippen LogP contribution in [-0.4, -0.2) is 11.8 Å². The van der Waals surface area contributed by atoms with Crippen molar-refractivity contribution in [3.63, 3.8) is 0 Å². The largest absolute Gasteiger partial charge is 0.487 e. The maximum Gasteiger partial charge on any atom is 0.282 e. The maximum absolute atomic E-state index is 12.9. The summed E-state index contributed by atoms with van der Waals surface area (Å²) in [6, 6.07) is 27.0. The van der Waals surface area contributed by atoms with Crippen LogP contribution in [0, 0.1) is 0 Å². The van der Waals surface area contributed by atoms with Gasteiger partial charge in [-0.3, -0.25) is 15.0 Å². The number of anilines is 1. The Hall–Kier alpha value is -3.42. The maximum atomic E-state index is 12.9. The van der Waals surface area contributed by atoms with Gasteiger partial charge in [-0.2, -0.15) is 0 Å². The molecule has 5 rings (SSSR count). The van der Waals surface area contributed by atoms with Crippen LogP contribution in [0.5, 0.6) is 5.75 Å². The molecule has 1 aliphatic heterocycles. The van der Waals surface area contributed by atoms with Crippen molar-refractivity contribution in [1.29, 1.82) is 0 Å². The minimum atomic E-state index is -0.447. The molecule has 0 unspecified atom stereocenters. The monoisotopic (exact) mass is 576 g/mol. The molecule has 0 radical (unpaired) electrons. The van der Waals surface area contributed by atoms with E-state index in [1.54, 1.807) is 18.2 Å². The second kappa shape index (κ2) is 9.44. The lowest BCUT2D eigenvalue weighted by atomic mass is 10.1. The topological polar surface area (TPSA) is 58.6 Å². The molecule has 0 spiro atoms. The van der Waals surface area contributed by atoms with E-state index in [-0.39, 0.29) is 5.57 Å². The van der Waals surface area contributed by atoms with E-state index in [0.717, 1.165) is 16.3 Å². The molecule has 0 bridgehead atoms. The number of hydrazine groups is 1. The zero-order valence-corrected chi connectivity index (χ0v) is 21.0. The summed E-state index contributed by atoms with van der Waals surface area (Å²) in [6.07, 6.45) is 1.57. The van der Waals surface area contributed by atoms with Crippen LogP contribution in [0.1, 0.15) is 11.1 Å². The number of nitrogens with zero attached hydrogens (tertiary/aromatic N) is 1. The Morgan fingerprint density at radius 3 is 2.29 bits per heavy atom. The van der Waals surface area contributed by atoms with Crippen molar-refractivity contribution in [2.24, 2.45) is 0 Å². The highest BCUT2D eigenvalue weighted by molar-refractivity contribution is 9.11. The summed E-state index contributed by atoms with van der Waals surface area (Å²) < 4.78 is 7.55. The number of rotatable bonds is 5. The van der Waals surface area contributed by atoms with Gasteiger partial charge < -0.3 is 4.74 Å². The van der Waals surface area contributed by atoms with E-state index in [2.05, 4.69) is 55.5 Å². The van der Waals surface area contributed by atoms with E-state index in [1.165, 1.54) is 5.01 Å². The first-order chi connectivity index (χ1) is 16.5. The van der Waals surface area contributed by atoms with Crippen LogP contribution >= 0.6 is 31.9 Å². The lowest BCUT2D eigenvalue weighted by Crippen LogP contribution is -2.35. The van der Waals surface area contributed by atoms with E-state index in [4.69, 9.17) is 4.74 Å². The van der Waals surface area contributed by atoms with Gasteiger partial charge >= 0.3 is 0 Å². The molecule has 2 amide bonds. The Bertz CT molecular complexity index is 1420. The number of fused-ring (bicyclic) bond motifs is 1. The second-order valence-electron chi connectivity index (χ2n) is 7.72. The summed E-state index contributed by atoms with van der Waals surface area (Å²) >= 11 is 7.14. The fourth-order valence-electron chi connectivity index (χ4n) is 3.85. The number of carbonyl (C=O) groups excluding carboxylic acids is 2. The smallest absolute Gasteiger partial charge is 0.282 e. The van der Waals surface area contributed by atoms with Crippen LogP contribution in [-0.2, 0) is 16.2 Å². The van der Waals surface area contributed by atoms with Gasteiger partial charge in [-0.15, -0.1) is 0 Å². The highest BCUT2D eigenvalue weighted by Gasteiger charge is 2.34. The number of para-hydroxylation sites is 1. The normalized spacial score (nSPS) is 14.6. The molecule has 0 atom stereocenters. The lowest BCUT2D eigenvalue weighted by Gasteiger charge is -2.14. The van der Waals surface area contributed by atoms with Crippen LogP contribution in [0.15, 0.2) is 99.4 Å². The number of hydrogen-bond donors (Lipinski definition) is 1. The van der Waals surface area contributed by atoms with Crippen molar-refractivity contribution in [1.82, 2.24) is 5.43 Å². The summed E-state index contributed by atoms with van der Waals surface area (Å²) in [4.78, 5) is 25.3. The number of ether oxygens (including phenoxy) is 1. The van der Waals surface area contributed by atoms with Gasteiger partial charge in [0, 0.05) is 0 Å². The average molecular weight is 578 g/mol. The molecule has 0 aromatic heterocycles. The highest BCUT2D eigenvalue weighted by Crippen LogP contribution is 2.36. The molecule has 1 saturated heterocycles. The predicted molar refractivity (Wildman–Crippen MR) is 140 cm³/mol. The van der Waals surface area contributed by atoms with Gasteiger partial charge in [0.2, 0.25) is 0 Å². The van der Waals surface area contributed by atoms with Crippen LogP contribution < -0.4 is 15.2 Å². The van der Waals surface area contributed by atoms with Crippen LogP contribution in [0.3, 0.4) is 0 Å². The molecule has 7 heteroatoms. The summed E-state index contributed by atoms with van der Waals surface area (Å²) in [7, 11) is 0. The van der Waals surface area contributed by atoms with Gasteiger partial charge in [0.15, 0.2) is 0 Å². The van der Waals surface area contributed by atoms with Crippen LogP contribution in [0.4, 0.5) is 5.69 Å². The van der Waals surface area contributed by atoms with E-state index in [1.807, 2.05) is 54.6 Å². The Kier molecular flexibility index (Phi) is 6.22. The molecular weight excluding hydrogens is 560 g/mol. The Labute approximate surface area is 213 Å².